The minimum atomic E-state index is -0.0990. The summed E-state index contributed by atoms with van der Waals surface area (Å²) < 4.78 is 2.19. The first-order valence-electron chi connectivity index (χ1n) is 14.0. The molecule has 1 saturated heterocycles. The molecule has 1 atom stereocenters. The molecule has 2 amide bonds. The van der Waals surface area contributed by atoms with Gasteiger partial charge >= 0.3 is 6.03 Å². The van der Waals surface area contributed by atoms with Crippen molar-refractivity contribution in [1.29, 1.82) is 0 Å². The minimum absolute atomic E-state index is 0.0366. The number of piperazine rings is 1. The molecular weight excluding hydrogens is 534 g/mol. The normalized spacial score (nSPS) is 16.9. The molecule has 0 radical (unpaired) electrons. The summed E-state index contributed by atoms with van der Waals surface area (Å²) >= 11 is 6.58. The monoisotopic (exact) mass is 567 g/mol. The maximum Gasteiger partial charge on any atom is 0.321 e. The van der Waals surface area contributed by atoms with E-state index < -0.39 is 0 Å². The number of allylic oxidation sites excluding steroid dienone is 1. The summed E-state index contributed by atoms with van der Waals surface area (Å²) in [6, 6.07) is 17.5. The third-order valence-corrected chi connectivity index (χ3v) is 8.25. The Labute approximate surface area is 245 Å². The second kappa shape index (κ2) is 11.8. The summed E-state index contributed by atoms with van der Waals surface area (Å²) in [6.07, 6.45) is 9.94. The van der Waals surface area contributed by atoms with E-state index in [0.717, 1.165) is 60.3 Å². The molecule has 1 aliphatic heterocycles. The molecule has 3 N–H and O–H groups in total. The Hall–Kier alpha value is -4.14. The van der Waals surface area contributed by atoms with Crippen LogP contribution in [0.1, 0.15) is 47.1 Å². The van der Waals surface area contributed by atoms with E-state index in [1.54, 1.807) is 12.1 Å². The lowest BCUT2D eigenvalue weighted by Gasteiger charge is -2.39. The molecule has 210 valence electrons. The van der Waals surface area contributed by atoms with Crippen molar-refractivity contribution in [3.8, 4) is 0 Å². The average Bonchev–Trinajstić information content (AvgIpc) is 3.33. The number of carbonyl (C=O) groups is 1. The number of imidazole rings is 1. The van der Waals surface area contributed by atoms with Crippen LogP contribution in [0, 0.1) is 6.92 Å². The number of fused-ring (bicyclic) bond motifs is 2. The van der Waals surface area contributed by atoms with Crippen molar-refractivity contribution in [3.63, 3.8) is 0 Å². The zero-order chi connectivity index (χ0) is 28.3. The molecular formula is C32H34ClN7O. The third kappa shape index (κ3) is 5.85. The highest BCUT2D eigenvalue weighted by atomic mass is 35.5. The lowest BCUT2D eigenvalue weighted by molar-refractivity contribution is 0.125. The predicted octanol–water partition coefficient (Wildman–Crippen LogP) is 6.10. The van der Waals surface area contributed by atoms with Crippen LogP contribution >= 0.6 is 11.6 Å². The molecule has 0 saturated carbocycles. The highest BCUT2D eigenvalue weighted by Gasteiger charge is 2.33. The first-order valence-corrected chi connectivity index (χ1v) is 14.4. The number of rotatable bonds is 6. The van der Waals surface area contributed by atoms with Crippen molar-refractivity contribution < 1.29 is 4.79 Å². The number of nitrogens with two attached hydrogens (primary N) is 1. The Bertz CT molecular complexity index is 1570. The average molecular weight is 568 g/mol. The van der Waals surface area contributed by atoms with Crippen molar-refractivity contribution in [2.75, 3.05) is 37.2 Å². The first kappa shape index (κ1) is 27.1. The van der Waals surface area contributed by atoms with E-state index in [1.807, 2.05) is 54.7 Å². The van der Waals surface area contributed by atoms with Crippen molar-refractivity contribution in [3.05, 3.63) is 106 Å². The lowest BCUT2D eigenvalue weighted by Crippen LogP contribution is -2.51. The van der Waals surface area contributed by atoms with Gasteiger partial charge in [-0.05, 0) is 90.6 Å². The standard InChI is InChI=1S/C32H34ClN7O/c1-22-35-13-15-38(22)14-3-5-23-20-24-4-2-12-36-30(24)31(28-11-6-25(33)21-29(23)28)39-16-18-40(19-17-39)32(41)37-27-9-7-26(34)8-10-27/h2,4,6-13,15,20-21,31H,3,5,14,16-19,34H2,1H3,(H,37,41). The van der Waals surface area contributed by atoms with Crippen LogP contribution in [0.25, 0.3) is 11.6 Å². The molecule has 6 rings (SSSR count). The number of hydrogen-bond donors (Lipinski definition) is 2. The fourth-order valence-electron chi connectivity index (χ4n) is 5.85. The van der Waals surface area contributed by atoms with E-state index in [2.05, 4.69) is 44.0 Å². The number of pyridine rings is 1. The van der Waals surface area contributed by atoms with Gasteiger partial charge in [-0.2, -0.15) is 0 Å². The van der Waals surface area contributed by atoms with Gasteiger partial charge in [-0.1, -0.05) is 23.7 Å². The van der Waals surface area contributed by atoms with Gasteiger partial charge in [-0.15, -0.1) is 0 Å². The Morgan fingerprint density at radius 2 is 1.85 bits per heavy atom. The van der Waals surface area contributed by atoms with Crippen LogP contribution in [-0.4, -0.2) is 56.5 Å². The molecule has 2 aliphatic rings. The first-order chi connectivity index (χ1) is 20.0. The molecule has 1 fully saturated rings. The van der Waals surface area contributed by atoms with Gasteiger partial charge in [0.25, 0.3) is 0 Å². The van der Waals surface area contributed by atoms with E-state index in [0.29, 0.717) is 18.8 Å². The van der Waals surface area contributed by atoms with Gasteiger partial charge in [0.1, 0.15) is 5.82 Å². The molecule has 3 heterocycles. The zero-order valence-corrected chi connectivity index (χ0v) is 23.9. The number of aryl methyl sites for hydroxylation is 2. The minimum Gasteiger partial charge on any atom is -0.399 e. The molecule has 41 heavy (non-hydrogen) atoms. The van der Waals surface area contributed by atoms with Crippen LogP contribution in [-0.2, 0) is 6.54 Å². The van der Waals surface area contributed by atoms with Crippen LogP contribution in [0.15, 0.2) is 73.2 Å². The molecule has 8 nitrogen and oxygen atoms in total. The smallest absolute Gasteiger partial charge is 0.321 e. The van der Waals surface area contributed by atoms with Crippen LogP contribution in [0.3, 0.4) is 0 Å². The molecule has 0 spiro atoms. The quantitative estimate of drug-likeness (QED) is 0.275. The van der Waals surface area contributed by atoms with Crippen molar-refractivity contribution in [2.45, 2.75) is 32.4 Å². The van der Waals surface area contributed by atoms with Gasteiger partial charge in [-0.25, -0.2) is 9.78 Å². The maximum absolute atomic E-state index is 13.0. The van der Waals surface area contributed by atoms with E-state index >= 15 is 0 Å². The van der Waals surface area contributed by atoms with Gasteiger partial charge in [-0.3, -0.25) is 9.88 Å². The van der Waals surface area contributed by atoms with Gasteiger partial charge in [0.15, 0.2) is 0 Å². The topological polar surface area (TPSA) is 92.3 Å². The fraction of sp³-hybridized carbons (Fsp3) is 0.281. The maximum atomic E-state index is 13.0. The van der Waals surface area contributed by atoms with Crippen molar-refractivity contribution >= 4 is 40.7 Å². The number of urea groups is 1. The zero-order valence-electron chi connectivity index (χ0n) is 23.1. The van der Waals surface area contributed by atoms with E-state index in [4.69, 9.17) is 22.3 Å². The fourth-order valence-corrected chi connectivity index (χ4v) is 6.02. The molecule has 4 aromatic rings. The molecule has 1 unspecified atom stereocenters. The number of anilines is 2. The Kier molecular flexibility index (Phi) is 7.76. The summed E-state index contributed by atoms with van der Waals surface area (Å²) in [4.78, 5) is 26.6. The summed E-state index contributed by atoms with van der Waals surface area (Å²) in [5, 5.41) is 3.72. The largest absolute Gasteiger partial charge is 0.399 e. The van der Waals surface area contributed by atoms with E-state index in [9.17, 15) is 4.79 Å². The number of nitrogens with zero attached hydrogens (tertiary/aromatic N) is 5. The SMILES string of the molecule is Cc1nccn1CCCC1=Cc2cccnc2C(N2CCN(C(=O)Nc3ccc(N)cc3)CC2)c2ccc(Cl)cc21. The number of aromatic nitrogens is 3. The van der Waals surface area contributed by atoms with Crippen LogP contribution in [0.5, 0.6) is 0 Å². The number of carbonyl (C=O) groups excluding carboxylic acids is 1. The highest BCUT2D eigenvalue weighted by molar-refractivity contribution is 6.30. The van der Waals surface area contributed by atoms with Gasteiger partial charge in [0.05, 0.1) is 11.7 Å². The second-order valence-electron chi connectivity index (χ2n) is 10.6. The molecule has 9 heteroatoms. The third-order valence-electron chi connectivity index (χ3n) is 8.01. The Morgan fingerprint density at radius 3 is 2.61 bits per heavy atom. The molecule has 2 aromatic heterocycles. The molecule has 1 aliphatic carbocycles. The Morgan fingerprint density at radius 1 is 1.05 bits per heavy atom. The van der Waals surface area contributed by atoms with Gasteiger partial charge in [0.2, 0.25) is 0 Å². The lowest BCUT2D eigenvalue weighted by atomic mass is 9.92. The number of benzene rings is 2. The number of amides is 2. The molecule has 0 bridgehead atoms. The number of nitrogen functional groups attached to an aromatic ring is 1. The van der Waals surface area contributed by atoms with Gasteiger partial charge in [0, 0.05) is 67.7 Å². The summed E-state index contributed by atoms with van der Waals surface area (Å²) in [5.74, 6) is 1.03. The highest BCUT2D eigenvalue weighted by Crippen LogP contribution is 2.41. The number of nitrogens with one attached hydrogen (secondary N) is 1. The van der Waals surface area contributed by atoms with Crippen LogP contribution < -0.4 is 11.1 Å². The van der Waals surface area contributed by atoms with E-state index in [1.165, 1.54) is 16.7 Å². The van der Waals surface area contributed by atoms with Crippen LogP contribution in [0.2, 0.25) is 5.02 Å². The second-order valence-corrected chi connectivity index (χ2v) is 11.1. The summed E-state index contributed by atoms with van der Waals surface area (Å²) in [5.41, 5.74) is 13.0. The summed E-state index contributed by atoms with van der Waals surface area (Å²) in [7, 11) is 0. The predicted molar refractivity (Wildman–Crippen MR) is 165 cm³/mol. The number of hydrogen-bond acceptors (Lipinski definition) is 5. The van der Waals surface area contributed by atoms with E-state index in [-0.39, 0.29) is 12.1 Å². The summed E-state index contributed by atoms with van der Waals surface area (Å²) in [6.45, 7) is 5.64. The molecule has 2 aromatic carbocycles. The van der Waals surface area contributed by atoms with Crippen molar-refractivity contribution in [2.24, 2.45) is 0 Å². The Balaban J connectivity index is 1.24. The van der Waals surface area contributed by atoms with Gasteiger partial charge < -0.3 is 20.5 Å². The van der Waals surface area contributed by atoms with Crippen LogP contribution in [0.4, 0.5) is 16.2 Å². The van der Waals surface area contributed by atoms with Crippen molar-refractivity contribution in [1.82, 2.24) is 24.3 Å². The number of halogens is 1.